The second-order valence-electron chi connectivity index (χ2n) is 11.6. The van der Waals surface area contributed by atoms with E-state index in [1.54, 1.807) is 7.11 Å². The Hall–Kier alpha value is -2.22. The lowest BCUT2D eigenvalue weighted by Gasteiger charge is -2.39. The topological polar surface area (TPSA) is 79.9 Å². The predicted octanol–water partition coefficient (Wildman–Crippen LogP) is 5.04. The molecule has 4 rings (SSSR count). The lowest BCUT2D eigenvalue weighted by molar-refractivity contribution is -0.00235. The number of benzene rings is 1. The molecule has 2 aromatic carbocycles. The number of rotatable bonds is 16. The fourth-order valence-electron chi connectivity index (χ4n) is 6.51. The smallest absolute Gasteiger partial charge is 0.253 e. The van der Waals surface area contributed by atoms with Gasteiger partial charge in [0.05, 0.1) is 6.10 Å². The molecule has 3 atom stereocenters. The first kappa shape index (κ1) is 29.8. The Morgan fingerprint density at radius 1 is 1.00 bits per heavy atom. The predicted molar refractivity (Wildman–Crippen MR) is 160 cm³/mol. The zero-order valence-electron chi connectivity index (χ0n) is 24.1. The van der Waals surface area contributed by atoms with Crippen molar-refractivity contribution in [2.45, 2.75) is 83.3 Å². The van der Waals surface area contributed by atoms with Crippen LogP contribution in [0.1, 0.15) is 82.8 Å². The standard InChI is InChI=1S/C32H49N3O4/c1-3-17-33-22-27(21-24-12-6-4-7-13-24)34-28-29(31(37)30(28)36)35-18-10-16-26(23-35)32(39-20-11-19-38-2)25-14-8-5-9-15-25/h5,8-9,14-15,24,26-27,32-34H,3-4,6-7,10-13,16-23H2,1-2H3/t26-,27+,32?/m1/s1. The van der Waals surface area contributed by atoms with Crippen LogP contribution in [0.3, 0.4) is 0 Å². The Morgan fingerprint density at radius 3 is 2.54 bits per heavy atom. The Balaban J connectivity index is 1.47. The van der Waals surface area contributed by atoms with Crippen molar-refractivity contribution in [1.82, 2.24) is 5.32 Å². The summed E-state index contributed by atoms with van der Waals surface area (Å²) in [6, 6.07) is 10.5. The molecule has 7 nitrogen and oxygen atoms in total. The molecule has 0 radical (unpaired) electrons. The Morgan fingerprint density at radius 2 is 1.79 bits per heavy atom. The molecule has 7 heteroatoms. The highest BCUT2D eigenvalue weighted by atomic mass is 16.5. The Bertz CT molecular complexity index is 1050. The minimum absolute atomic E-state index is 0.0500. The zero-order valence-corrected chi connectivity index (χ0v) is 24.1. The molecule has 1 saturated heterocycles. The number of hydrogen-bond donors (Lipinski definition) is 2. The molecular formula is C32H49N3O4. The average molecular weight is 540 g/mol. The van der Waals surface area contributed by atoms with Gasteiger partial charge in [0.1, 0.15) is 11.4 Å². The van der Waals surface area contributed by atoms with E-state index in [2.05, 4.69) is 46.7 Å². The van der Waals surface area contributed by atoms with Gasteiger partial charge in [0.15, 0.2) is 0 Å². The summed E-state index contributed by atoms with van der Waals surface area (Å²) in [5, 5.41) is 7.12. The molecule has 2 aliphatic rings. The molecule has 0 spiro atoms. The molecule has 1 unspecified atom stereocenters. The number of hydrogen-bond acceptors (Lipinski definition) is 7. The minimum Gasteiger partial charge on any atom is -0.385 e. The second-order valence-corrected chi connectivity index (χ2v) is 11.6. The second kappa shape index (κ2) is 15.5. The van der Waals surface area contributed by atoms with Gasteiger partial charge >= 0.3 is 0 Å². The molecule has 2 fully saturated rings. The first-order chi connectivity index (χ1) is 19.1. The van der Waals surface area contributed by atoms with Gasteiger partial charge in [0.25, 0.3) is 10.9 Å². The van der Waals surface area contributed by atoms with E-state index in [-0.39, 0.29) is 28.9 Å². The van der Waals surface area contributed by atoms with Gasteiger partial charge in [-0.15, -0.1) is 0 Å². The molecule has 39 heavy (non-hydrogen) atoms. The molecule has 1 aliphatic heterocycles. The van der Waals surface area contributed by atoms with Crippen molar-refractivity contribution in [2.24, 2.45) is 11.8 Å². The van der Waals surface area contributed by atoms with Crippen molar-refractivity contribution in [3.8, 4) is 0 Å². The van der Waals surface area contributed by atoms with Crippen molar-refractivity contribution in [3.63, 3.8) is 0 Å². The fourth-order valence-corrected chi connectivity index (χ4v) is 6.51. The third kappa shape index (κ3) is 8.15. The van der Waals surface area contributed by atoms with Gasteiger partial charge in [-0.3, -0.25) is 9.59 Å². The number of anilines is 2. The monoisotopic (exact) mass is 539 g/mol. The van der Waals surface area contributed by atoms with Gasteiger partial charge in [-0.05, 0) is 50.1 Å². The molecule has 2 N–H and O–H groups in total. The third-order valence-electron chi connectivity index (χ3n) is 8.51. The summed E-state index contributed by atoms with van der Waals surface area (Å²) in [5.74, 6) is 0.932. The molecule has 1 saturated carbocycles. The first-order valence-corrected chi connectivity index (χ1v) is 15.3. The van der Waals surface area contributed by atoms with E-state index in [9.17, 15) is 9.59 Å². The summed E-state index contributed by atoms with van der Waals surface area (Å²) >= 11 is 0. The van der Waals surface area contributed by atoms with Crippen LogP contribution in [0.15, 0.2) is 39.9 Å². The van der Waals surface area contributed by atoms with Crippen LogP contribution >= 0.6 is 0 Å². The number of ether oxygens (including phenoxy) is 2. The van der Waals surface area contributed by atoms with Crippen molar-refractivity contribution in [3.05, 3.63) is 56.3 Å². The minimum atomic E-state index is -0.355. The Kier molecular flexibility index (Phi) is 11.9. The lowest BCUT2D eigenvalue weighted by atomic mass is 9.84. The number of piperidine rings is 1. The maximum Gasteiger partial charge on any atom is 0.253 e. The third-order valence-corrected chi connectivity index (χ3v) is 8.51. The molecule has 1 heterocycles. The number of nitrogens with zero attached hydrogens (tertiary/aromatic N) is 1. The van der Waals surface area contributed by atoms with Gasteiger partial charge in [-0.2, -0.15) is 0 Å². The van der Waals surface area contributed by atoms with Crippen molar-refractivity contribution in [1.29, 1.82) is 0 Å². The first-order valence-electron chi connectivity index (χ1n) is 15.3. The molecular weight excluding hydrogens is 490 g/mol. The van der Waals surface area contributed by atoms with Crippen molar-refractivity contribution < 1.29 is 9.47 Å². The van der Waals surface area contributed by atoms with Crippen molar-refractivity contribution >= 4 is 11.4 Å². The molecule has 1 aliphatic carbocycles. The molecule has 0 bridgehead atoms. The molecule has 0 amide bonds. The summed E-state index contributed by atoms with van der Waals surface area (Å²) in [4.78, 5) is 28.0. The van der Waals surface area contributed by atoms with Crippen molar-refractivity contribution in [2.75, 3.05) is 56.7 Å². The van der Waals surface area contributed by atoms with Crippen LogP contribution in [-0.2, 0) is 9.47 Å². The van der Waals surface area contributed by atoms with E-state index in [0.29, 0.717) is 37.1 Å². The van der Waals surface area contributed by atoms with Gasteiger partial charge in [0.2, 0.25) is 0 Å². The van der Waals surface area contributed by atoms with Crippen LogP contribution < -0.4 is 26.4 Å². The average Bonchev–Trinajstić information content (AvgIpc) is 2.98. The van der Waals surface area contributed by atoms with E-state index < -0.39 is 0 Å². The largest absolute Gasteiger partial charge is 0.385 e. The quantitative estimate of drug-likeness (QED) is 0.228. The van der Waals surface area contributed by atoms with Gasteiger partial charge in [0, 0.05) is 51.9 Å². The Labute approximate surface area is 234 Å². The summed E-state index contributed by atoms with van der Waals surface area (Å²) in [5.41, 5.74) is 1.61. The van der Waals surface area contributed by atoms with Crippen LogP contribution in [0.25, 0.3) is 0 Å². The van der Waals surface area contributed by atoms with E-state index in [4.69, 9.17) is 9.47 Å². The lowest BCUT2D eigenvalue weighted by Crippen LogP contribution is -2.49. The van der Waals surface area contributed by atoms with Gasteiger partial charge in [-0.25, -0.2) is 0 Å². The summed E-state index contributed by atoms with van der Waals surface area (Å²) in [6.45, 7) is 6.75. The van der Waals surface area contributed by atoms with E-state index in [0.717, 1.165) is 51.7 Å². The maximum atomic E-state index is 12.9. The molecule has 2 aromatic rings. The fraction of sp³-hybridized carbons (Fsp3) is 0.688. The normalized spacial score (nSPS) is 20.3. The van der Waals surface area contributed by atoms with Crippen LogP contribution in [0.4, 0.5) is 11.4 Å². The summed E-state index contributed by atoms with van der Waals surface area (Å²) < 4.78 is 11.6. The van der Waals surface area contributed by atoms with Crippen LogP contribution in [-0.4, -0.2) is 52.5 Å². The summed E-state index contributed by atoms with van der Waals surface area (Å²) in [7, 11) is 1.71. The van der Waals surface area contributed by atoms with Gasteiger partial charge < -0.3 is 25.0 Å². The molecule has 216 valence electrons. The maximum absolute atomic E-state index is 12.9. The van der Waals surface area contributed by atoms with E-state index in [1.165, 1.54) is 37.7 Å². The van der Waals surface area contributed by atoms with E-state index in [1.807, 2.05) is 6.07 Å². The molecule has 0 aromatic heterocycles. The highest BCUT2D eigenvalue weighted by Crippen LogP contribution is 2.36. The van der Waals surface area contributed by atoms with Gasteiger partial charge in [-0.1, -0.05) is 69.4 Å². The van der Waals surface area contributed by atoms with Crippen LogP contribution in [0.2, 0.25) is 0 Å². The number of nitrogens with one attached hydrogen (secondary N) is 2. The van der Waals surface area contributed by atoms with Crippen LogP contribution in [0, 0.1) is 11.8 Å². The summed E-state index contributed by atoms with van der Waals surface area (Å²) in [6.07, 6.45) is 11.4. The number of methoxy groups -OCH3 is 1. The van der Waals surface area contributed by atoms with Crippen LogP contribution in [0.5, 0.6) is 0 Å². The SMILES string of the molecule is CCCNC[C@H](CC1CCCCC1)Nc1c(N2CCC[C@@H](C(OCCCOC)c3ccccc3)C2)c(=O)c1=O. The zero-order chi connectivity index (χ0) is 27.5. The van der Waals surface area contributed by atoms with E-state index >= 15 is 0 Å². The highest BCUT2D eigenvalue weighted by Gasteiger charge is 2.34. The highest BCUT2D eigenvalue weighted by molar-refractivity contribution is 5.75.